The summed E-state index contributed by atoms with van der Waals surface area (Å²) >= 11 is 0. The Hall–Kier alpha value is -3.68. The fourth-order valence-electron chi connectivity index (χ4n) is 2.55. The highest BCUT2D eigenvalue weighted by Gasteiger charge is 2.08. The number of aromatic nitrogens is 2. The zero-order valence-electron chi connectivity index (χ0n) is 11.9. The molecule has 0 saturated carbocycles. The zero-order valence-corrected chi connectivity index (χ0v) is 11.9. The molecule has 0 atom stereocenters. The van der Waals surface area contributed by atoms with Crippen molar-refractivity contribution >= 4 is 21.8 Å². The van der Waals surface area contributed by atoms with Crippen LogP contribution in [-0.4, -0.2) is 9.97 Å². The Morgan fingerprint density at radius 2 is 1.04 bits per heavy atom. The van der Waals surface area contributed by atoms with Crippen molar-refractivity contribution in [1.29, 1.82) is 0 Å². The number of rotatable bonds is 1. The van der Waals surface area contributed by atoms with Gasteiger partial charge in [-0.15, -0.1) is 0 Å². The molecule has 0 saturated heterocycles. The van der Waals surface area contributed by atoms with Crippen LogP contribution in [0.25, 0.3) is 32.9 Å². The normalized spacial score (nSPS) is 11.2. The van der Waals surface area contributed by atoms with Crippen LogP contribution in [-0.2, 0) is 0 Å². The Kier molecular flexibility index (Phi) is 2.86. The van der Waals surface area contributed by atoms with E-state index in [9.17, 15) is 19.2 Å². The first-order valence-electron chi connectivity index (χ1n) is 6.86. The summed E-state index contributed by atoms with van der Waals surface area (Å²) in [7, 11) is 0. The second-order valence-electron chi connectivity index (χ2n) is 5.12. The van der Waals surface area contributed by atoms with Crippen LogP contribution in [0, 0.1) is 0 Å². The molecule has 0 unspecified atom stereocenters. The molecule has 0 aliphatic carbocycles. The summed E-state index contributed by atoms with van der Waals surface area (Å²) < 4.78 is 9.02. The average Bonchev–Trinajstić information content (AvgIpc) is 2.54. The summed E-state index contributed by atoms with van der Waals surface area (Å²) in [4.78, 5) is 50.8. The molecule has 0 aliphatic rings. The Morgan fingerprint density at radius 1 is 0.625 bits per heavy atom. The van der Waals surface area contributed by atoms with Gasteiger partial charge in [-0.3, -0.25) is 9.97 Å². The molecule has 2 aromatic carbocycles. The van der Waals surface area contributed by atoms with Crippen molar-refractivity contribution in [2.24, 2.45) is 0 Å². The number of benzene rings is 2. The van der Waals surface area contributed by atoms with E-state index < -0.39 is 22.8 Å². The summed E-state index contributed by atoms with van der Waals surface area (Å²) in [5.74, 6) is -1.65. The van der Waals surface area contributed by atoms with Crippen LogP contribution in [0.3, 0.4) is 0 Å². The third kappa shape index (κ3) is 2.17. The van der Waals surface area contributed by atoms with Crippen molar-refractivity contribution in [3.63, 3.8) is 0 Å². The van der Waals surface area contributed by atoms with Crippen molar-refractivity contribution in [2.75, 3.05) is 0 Å². The van der Waals surface area contributed by atoms with Crippen LogP contribution in [0.5, 0.6) is 0 Å². The van der Waals surface area contributed by atoms with E-state index in [0.29, 0.717) is 22.2 Å². The monoisotopic (exact) mass is 324 g/mol. The molecule has 0 bridgehead atoms. The predicted molar refractivity (Wildman–Crippen MR) is 85.2 cm³/mol. The largest absolute Gasteiger partial charge is 0.419 e. The molecular weight excluding hydrogens is 316 g/mol. The average molecular weight is 324 g/mol. The van der Waals surface area contributed by atoms with Crippen LogP contribution in [0.4, 0.5) is 0 Å². The molecule has 118 valence electrons. The number of aromatic amines is 2. The van der Waals surface area contributed by atoms with Crippen LogP contribution in [0.2, 0.25) is 0 Å². The minimum Gasteiger partial charge on any atom is -0.372 e. The molecule has 4 aromatic rings. The van der Waals surface area contributed by atoms with Gasteiger partial charge in [-0.25, -0.2) is 19.2 Å². The summed E-state index contributed by atoms with van der Waals surface area (Å²) in [5.41, 5.74) is 0.471. The van der Waals surface area contributed by atoms with Gasteiger partial charge < -0.3 is 8.83 Å². The maximum atomic E-state index is 11.8. The van der Waals surface area contributed by atoms with E-state index in [4.69, 9.17) is 0 Å². The van der Waals surface area contributed by atoms with Crippen molar-refractivity contribution < 1.29 is 8.83 Å². The van der Waals surface area contributed by atoms with Gasteiger partial charge in [0.2, 0.25) is 0 Å². The Balaban J connectivity index is 1.99. The van der Waals surface area contributed by atoms with E-state index in [1.54, 1.807) is 36.4 Å². The van der Waals surface area contributed by atoms with Gasteiger partial charge in [0.1, 0.15) is 0 Å². The summed E-state index contributed by atoms with van der Waals surface area (Å²) in [6.45, 7) is 0. The summed E-state index contributed by atoms with van der Waals surface area (Å²) in [6, 6.07) is 9.61. The maximum Gasteiger partial charge on any atom is 0.419 e. The van der Waals surface area contributed by atoms with Crippen LogP contribution in [0.15, 0.2) is 64.4 Å². The molecule has 4 rings (SSSR count). The number of hydrogen-bond donors (Lipinski definition) is 2. The minimum atomic E-state index is -0.826. The molecule has 24 heavy (non-hydrogen) atoms. The molecular formula is C16H8N2O6. The van der Waals surface area contributed by atoms with E-state index in [1.165, 1.54) is 0 Å². The molecule has 2 heterocycles. The molecule has 8 nitrogen and oxygen atoms in total. The molecule has 0 radical (unpaired) electrons. The Labute approximate surface area is 131 Å². The number of hydrogen-bond acceptors (Lipinski definition) is 6. The predicted octanol–water partition coefficient (Wildman–Crippen LogP) is 0.943. The van der Waals surface area contributed by atoms with Gasteiger partial charge in [0.05, 0.1) is 21.8 Å². The quantitative estimate of drug-likeness (QED) is 0.536. The van der Waals surface area contributed by atoms with E-state index in [0.717, 1.165) is 0 Å². The van der Waals surface area contributed by atoms with E-state index in [-0.39, 0.29) is 10.8 Å². The van der Waals surface area contributed by atoms with Gasteiger partial charge in [-0.2, -0.15) is 0 Å². The topological polar surface area (TPSA) is 126 Å². The van der Waals surface area contributed by atoms with Crippen molar-refractivity contribution in [1.82, 2.24) is 9.97 Å². The fourth-order valence-corrected chi connectivity index (χ4v) is 2.55. The lowest BCUT2D eigenvalue weighted by molar-refractivity contribution is 0.459. The van der Waals surface area contributed by atoms with Gasteiger partial charge in [0.15, 0.2) is 0 Å². The van der Waals surface area contributed by atoms with E-state index in [1.807, 2.05) is 0 Å². The van der Waals surface area contributed by atoms with Gasteiger partial charge in [-0.1, -0.05) is 12.1 Å². The lowest BCUT2D eigenvalue weighted by atomic mass is 10.0. The Bertz CT molecular complexity index is 1230. The zero-order chi connectivity index (χ0) is 16.8. The maximum absolute atomic E-state index is 11.8. The molecule has 8 heteroatoms. The van der Waals surface area contributed by atoms with Crippen molar-refractivity contribution in [2.45, 2.75) is 0 Å². The molecule has 0 aliphatic heterocycles. The lowest BCUT2D eigenvalue weighted by Crippen LogP contribution is -2.14. The second kappa shape index (κ2) is 4.92. The summed E-state index contributed by atoms with van der Waals surface area (Å²) in [5, 5.41) is 0.418. The van der Waals surface area contributed by atoms with Crippen LogP contribution < -0.4 is 22.8 Å². The number of H-pyrrole nitrogens is 2. The standard InChI is InChI=1S/C16H8N2O6/c19-13-9-5-7(1-3-11(9)17-15(21)23-13)8-2-4-12-10(6-8)14(20)24-16(22)18-12/h1-6H,(H,17,21)(H,18,22). The minimum absolute atomic E-state index is 0.209. The molecule has 0 spiro atoms. The third-order valence-electron chi connectivity index (χ3n) is 3.66. The number of fused-ring (bicyclic) bond motifs is 2. The molecule has 2 N–H and O–H groups in total. The number of nitrogens with one attached hydrogen (secondary N) is 2. The first-order valence-corrected chi connectivity index (χ1v) is 6.86. The van der Waals surface area contributed by atoms with Crippen molar-refractivity contribution in [3.05, 3.63) is 78.3 Å². The van der Waals surface area contributed by atoms with Crippen LogP contribution in [0.1, 0.15) is 0 Å². The van der Waals surface area contributed by atoms with Gasteiger partial charge in [0.25, 0.3) is 0 Å². The highest BCUT2D eigenvalue weighted by atomic mass is 16.4. The van der Waals surface area contributed by atoms with Crippen molar-refractivity contribution in [3.8, 4) is 11.1 Å². The van der Waals surface area contributed by atoms with Crippen LogP contribution >= 0.6 is 0 Å². The first-order chi connectivity index (χ1) is 11.5. The molecule has 0 amide bonds. The highest BCUT2D eigenvalue weighted by Crippen LogP contribution is 2.24. The SMILES string of the molecule is O=c1[nH]c2ccc(-c3ccc4[nH]c(=O)oc(=O)c4c3)cc2c(=O)o1. The Morgan fingerprint density at radius 3 is 1.46 bits per heavy atom. The van der Waals surface area contributed by atoms with E-state index >= 15 is 0 Å². The molecule has 0 fully saturated rings. The van der Waals surface area contributed by atoms with Gasteiger partial charge in [-0.05, 0) is 35.4 Å². The summed E-state index contributed by atoms with van der Waals surface area (Å²) in [6.07, 6.45) is 0. The van der Waals surface area contributed by atoms with Gasteiger partial charge >= 0.3 is 22.8 Å². The third-order valence-corrected chi connectivity index (χ3v) is 3.66. The first kappa shape index (κ1) is 13.9. The van der Waals surface area contributed by atoms with E-state index in [2.05, 4.69) is 18.8 Å². The second-order valence-corrected chi connectivity index (χ2v) is 5.12. The van der Waals surface area contributed by atoms with Gasteiger partial charge in [0, 0.05) is 0 Å². The fraction of sp³-hybridized carbons (Fsp3) is 0. The smallest absolute Gasteiger partial charge is 0.372 e. The molecule has 2 aromatic heterocycles. The highest BCUT2D eigenvalue weighted by molar-refractivity contribution is 5.87. The lowest BCUT2D eigenvalue weighted by Gasteiger charge is -2.04.